The molecule has 1 fully saturated rings. The van der Waals surface area contributed by atoms with Gasteiger partial charge < -0.3 is 20.4 Å². The number of piperazine rings is 1. The van der Waals surface area contributed by atoms with Crippen molar-refractivity contribution in [3.8, 4) is 0 Å². The molecule has 1 heterocycles. The van der Waals surface area contributed by atoms with Gasteiger partial charge in [0.05, 0.1) is 12.1 Å². The Hall–Kier alpha value is -1.96. The van der Waals surface area contributed by atoms with Crippen molar-refractivity contribution in [3.05, 3.63) is 23.8 Å². The van der Waals surface area contributed by atoms with Gasteiger partial charge in [0.15, 0.2) is 0 Å². The minimum Gasteiger partial charge on any atom is -0.399 e. The minimum atomic E-state index is -4.46. The van der Waals surface area contributed by atoms with E-state index in [9.17, 15) is 18.0 Å². The zero-order valence-electron chi connectivity index (χ0n) is 13.2. The van der Waals surface area contributed by atoms with Gasteiger partial charge in [-0.3, -0.25) is 4.79 Å². The van der Waals surface area contributed by atoms with Gasteiger partial charge >= 0.3 is 6.18 Å². The van der Waals surface area contributed by atoms with Crippen LogP contribution in [0.25, 0.3) is 0 Å². The first-order valence-corrected chi connectivity index (χ1v) is 7.32. The third kappa shape index (κ3) is 4.28. The molecule has 0 aromatic heterocycles. The first kappa shape index (κ1) is 17.4. The smallest absolute Gasteiger partial charge is 0.399 e. The van der Waals surface area contributed by atoms with Crippen LogP contribution in [0.5, 0.6) is 0 Å². The lowest BCUT2D eigenvalue weighted by molar-refractivity contribution is -0.137. The summed E-state index contributed by atoms with van der Waals surface area (Å²) in [5.74, 6) is -0.0111. The molecule has 0 unspecified atom stereocenters. The summed E-state index contributed by atoms with van der Waals surface area (Å²) in [5, 5.41) is 0. The summed E-state index contributed by atoms with van der Waals surface area (Å²) >= 11 is 0. The predicted molar refractivity (Wildman–Crippen MR) is 83.2 cm³/mol. The Morgan fingerprint density at radius 2 is 1.83 bits per heavy atom. The van der Waals surface area contributed by atoms with Crippen molar-refractivity contribution in [2.24, 2.45) is 0 Å². The number of hydrogen-bond acceptors (Lipinski definition) is 4. The van der Waals surface area contributed by atoms with E-state index in [2.05, 4.69) is 0 Å². The van der Waals surface area contributed by atoms with Crippen LogP contribution in [0.1, 0.15) is 5.56 Å². The Kier molecular flexibility index (Phi) is 5.03. The second-order valence-corrected chi connectivity index (χ2v) is 5.88. The largest absolute Gasteiger partial charge is 0.418 e. The molecule has 1 aliphatic heterocycles. The van der Waals surface area contributed by atoms with Crippen molar-refractivity contribution in [2.45, 2.75) is 6.18 Å². The SMILES string of the molecule is CN(C)CC(=O)N1CCN(c2ccc(N)cc2C(F)(F)F)CC1. The highest BCUT2D eigenvalue weighted by molar-refractivity contribution is 5.78. The highest BCUT2D eigenvalue weighted by Crippen LogP contribution is 2.38. The van der Waals surface area contributed by atoms with Gasteiger partial charge in [0.1, 0.15) is 0 Å². The highest BCUT2D eigenvalue weighted by Gasteiger charge is 2.36. The lowest BCUT2D eigenvalue weighted by Gasteiger charge is -2.37. The minimum absolute atomic E-state index is 0.0111. The third-order valence-corrected chi connectivity index (χ3v) is 3.75. The van der Waals surface area contributed by atoms with Crippen LogP contribution < -0.4 is 10.6 Å². The number of nitrogen functional groups attached to an aromatic ring is 1. The maximum absolute atomic E-state index is 13.2. The summed E-state index contributed by atoms with van der Waals surface area (Å²) in [6.45, 7) is 1.86. The number of anilines is 2. The molecule has 1 aromatic carbocycles. The lowest BCUT2D eigenvalue weighted by atomic mass is 10.1. The number of carbonyl (C=O) groups excluding carboxylic acids is 1. The normalized spacial score (nSPS) is 16.1. The van der Waals surface area contributed by atoms with E-state index in [0.29, 0.717) is 32.7 Å². The van der Waals surface area contributed by atoms with Crippen molar-refractivity contribution < 1.29 is 18.0 Å². The molecule has 8 heteroatoms. The molecule has 0 saturated carbocycles. The average Bonchev–Trinajstić information content (AvgIpc) is 2.46. The van der Waals surface area contributed by atoms with Crippen molar-refractivity contribution >= 4 is 17.3 Å². The molecular formula is C15H21F3N4O. The molecule has 5 nitrogen and oxygen atoms in total. The number of carbonyl (C=O) groups is 1. The molecule has 0 atom stereocenters. The third-order valence-electron chi connectivity index (χ3n) is 3.75. The predicted octanol–water partition coefficient (Wildman–Crippen LogP) is 1.50. The van der Waals surface area contributed by atoms with Gasteiger partial charge in [0.2, 0.25) is 5.91 Å². The first-order chi connectivity index (χ1) is 10.7. The Balaban J connectivity index is 2.10. The molecule has 2 N–H and O–H groups in total. The molecule has 2 rings (SSSR count). The number of benzene rings is 1. The maximum Gasteiger partial charge on any atom is 0.418 e. The lowest BCUT2D eigenvalue weighted by Crippen LogP contribution is -2.51. The number of hydrogen-bond donors (Lipinski definition) is 1. The van der Waals surface area contributed by atoms with Crippen molar-refractivity contribution in [3.63, 3.8) is 0 Å². The van der Waals surface area contributed by atoms with E-state index in [-0.39, 0.29) is 17.3 Å². The fourth-order valence-electron chi connectivity index (χ4n) is 2.62. The van der Waals surface area contributed by atoms with Crippen LogP contribution in [0, 0.1) is 0 Å². The summed E-state index contributed by atoms with van der Waals surface area (Å²) in [6, 6.07) is 3.82. The standard InChI is InChI=1S/C15H21F3N4O/c1-20(2)10-14(23)22-7-5-21(6-8-22)13-4-3-11(19)9-12(13)15(16,17)18/h3-4,9H,5-8,10,19H2,1-2H3. The van der Waals surface area contributed by atoms with Crippen LogP contribution in [0.3, 0.4) is 0 Å². The first-order valence-electron chi connectivity index (χ1n) is 7.32. The van der Waals surface area contributed by atoms with Gasteiger partial charge in [0, 0.05) is 37.6 Å². The van der Waals surface area contributed by atoms with E-state index in [1.165, 1.54) is 12.1 Å². The summed E-state index contributed by atoms with van der Waals surface area (Å²) in [5.41, 5.74) is 4.96. The molecule has 0 spiro atoms. The molecule has 23 heavy (non-hydrogen) atoms. The zero-order chi connectivity index (χ0) is 17.2. The molecule has 1 amide bonds. The number of likely N-dealkylation sites (N-methyl/N-ethyl adjacent to an activating group) is 1. The zero-order valence-corrected chi connectivity index (χ0v) is 13.2. The molecule has 128 valence electrons. The topological polar surface area (TPSA) is 52.8 Å². The summed E-state index contributed by atoms with van der Waals surface area (Å²) < 4.78 is 39.5. The van der Waals surface area contributed by atoms with E-state index in [1.54, 1.807) is 28.8 Å². The number of alkyl halides is 3. The molecule has 0 bridgehead atoms. The van der Waals surface area contributed by atoms with Crippen LogP contribution in [0.4, 0.5) is 24.5 Å². The Labute approximate surface area is 133 Å². The van der Waals surface area contributed by atoms with Crippen LogP contribution in [0.2, 0.25) is 0 Å². The molecular weight excluding hydrogens is 309 g/mol. The van der Waals surface area contributed by atoms with Crippen LogP contribution in [0.15, 0.2) is 18.2 Å². The number of halogens is 3. The number of amides is 1. The maximum atomic E-state index is 13.2. The molecule has 0 aliphatic carbocycles. The van der Waals surface area contributed by atoms with E-state index >= 15 is 0 Å². The summed E-state index contributed by atoms with van der Waals surface area (Å²) in [4.78, 5) is 17.1. The molecule has 1 aliphatic rings. The average molecular weight is 330 g/mol. The van der Waals surface area contributed by atoms with E-state index < -0.39 is 11.7 Å². The van der Waals surface area contributed by atoms with Gasteiger partial charge in [-0.2, -0.15) is 13.2 Å². The monoisotopic (exact) mass is 330 g/mol. The summed E-state index contributed by atoms with van der Waals surface area (Å²) in [7, 11) is 3.61. The Bertz CT molecular complexity index is 566. The van der Waals surface area contributed by atoms with Crippen LogP contribution in [-0.2, 0) is 11.0 Å². The van der Waals surface area contributed by atoms with Crippen molar-refractivity contribution in [1.82, 2.24) is 9.80 Å². The number of nitrogens with two attached hydrogens (primary N) is 1. The van der Waals surface area contributed by atoms with E-state index in [4.69, 9.17) is 5.73 Å². The van der Waals surface area contributed by atoms with E-state index in [0.717, 1.165) is 6.07 Å². The van der Waals surface area contributed by atoms with E-state index in [1.807, 2.05) is 0 Å². The Morgan fingerprint density at radius 1 is 1.22 bits per heavy atom. The number of rotatable bonds is 3. The fraction of sp³-hybridized carbons (Fsp3) is 0.533. The van der Waals surface area contributed by atoms with Gasteiger partial charge in [-0.15, -0.1) is 0 Å². The van der Waals surface area contributed by atoms with Crippen LogP contribution >= 0.6 is 0 Å². The summed E-state index contributed by atoms with van der Waals surface area (Å²) in [6.07, 6.45) is -4.46. The number of nitrogens with zero attached hydrogens (tertiary/aromatic N) is 3. The second kappa shape index (κ2) is 6.66. The van der Waals surface area contributed by atoms with Crippen LogP contribution in [-0.4, -0.2) is 62.5 Å². The quantitative estimate of drug-likeness (QED) is 0.854. The van der Waals surface area contributed by atoms with Gasteiger partial charge in [0.25, 0.3) is 0 Å². The van der Waals surface area contributed by atoms with Gasteiger partial charge in [-0.25, -0.2) is 0 Å². The fourth-order valence-corrected chi connectivity index (χ4v) is 2.62. The van der Waals surface area contributed by atoms with Crippen molar-refractivity contribution in [2.75, 3.05) is 57.5 Å². The van der Waals surface area contributed by atoms with Gasteiger partial charge in [-0.05, 0) is 32.3 Å². The second-order valence-electron chi connectivity index (χ2n) is 5.88. The Morgan fingerprint density at radius 3 is 2.35 bits per heavy atom. The van der Waals surface area contributed by atoms with Crippen molar-refractivity contribution in [1.29, 1.82) is 0 Å². The molecule has 1 aromatic rings. The molecule has 0 radical (unpaired) electrons. The van der Waals surface area contributed by atoms with Gasteiger partial charge in [-0.1, -0.05) is 0 Å². The highest BCUT2D eigenvalue weighted by atomic mass is 19.4. The molecule has 1 saturated heterocycles.